The summed E-state index contributed by atoms with van der Waals surface area (Å²) >= 11 is 5.86. The van der Waals surface area contributed by atoms with Gasteiger partial charge in [-0.1, -0.05) is 11.6 Å². The second-order valence-electron chi connectivity index (χ2n) is 3.33. The number of pyridine rings is 1. The fourth-order valence-electron chi connectivity index (χ4n) is 1.32. The molecule has 0 aliphatic rings. The molecule has 18 heavy (non-hydrogen) atoms. The topological polar surface area (TPSA) is 91.0 Å². The van der Waals surface area contributed by atoms with E-state index in [1.807, 2.05) is 0 Å². The zero-order valence-corrected chi connectivity index (χ0v) is 10.2. The number of esters is 1. The SMILES string of the molecule is COC(=O)c1nc(-c2cccnc2)nc(N)c1Cl. The Labute approximate surface area is 108 Å². The lowest BCUT2D eigenvalue weighted by molar-refractivity contribution is 0.0594. The minimum absolute atomic E-state index is 0.0190. The third kappa shape index (κ3) is 2.23. The van der Waals surface area contributed by atoms with Crippen LogP contribution in [0.25, 0.3) is 11.4 Å². The molecule has 2 heterocycles. The highest BCUT2D eigenvalue weighted by Gasteiger charge is 2.18. The minimum Gasteiger partial charge on any atom is -0.464 e. The molecule has 2 aromatic heterocycles. The molecule has 0 saturated carbocycles. The lowest BCUT2D eigenvalue weighted by Crippen LogP contribution is -2.10. The fraction of sp³-hybridized carbons (Fsp3) is 0.0909. The summed E-state index contributed by atoms with van der Waals surface area (Å²) in [6.07, 6.45) is 3.17. The predicted molar refractivity (Wildman–Crippen MR) is 66.0 cm³/mol. The van der Waals surface area contributed by atoms with Crippen molar-refractivity contribution in [3.63, 3.8) is 0 Å². The van der Waals surface area contributed by atoms with E-state index in [2.05, 4.69) is 19.7 Å². The maximum absolute atomic E-state index is 11.5. The van der Waals surface area contributed by atoms with Gasteiger partial charge in [0.2, 0.25) is 0 Å². The van der Waals surface area contributed by atoms with Crippen molar-refractivity contribution in [2.24, 2.45) is 0 Å². The first-order chi connectivity index (χ1) is 8.63. The standard InChI is InChI=1S/C11H9ClN4O2/c1-18-11(17)8-7(12)9(13)16-10(15-8)6-3-2-4-14-5-6/h2-5H,1H3,(H2,13,15,16). The molecule has 2 aromatic rings. The van der Waals surface area contributed by atoms with Crippen molar-refractivity contribution in [1.82, 2.24) is 15.0 Å². The van der Waals surface area contributed by atoms with E-state index in [-0.39, 0.29) is 22.4 Å². The molecule has 0 aliphatic carbocycles. The van der Waals surface area contributed by atoms with Crippen LogP contribution >= 0.6 is 11.6 Å². The average molecular weight is 265 g/mol. The van der Waals surface area contributed by atoms with Crippen LogP contribution in [0.5, 0.6) is 0 Å². The van der Waals surface area contributed by atoms with Crippen LogP contribution in [0.2, 0.25) is 5.02 Å². The van der Waals surface area contributed by atoms with Crippen LogP contribution in [0.15, 0.2) is 24.5 Å². The molecule has 2 N–H and O–H groups in total. The van der Waals surface area contributed by atoms with Crippen LogP contribution in [0.1, 0.15) is 10.5 Å². The molecule has 0 amide bonds. The molecule has 2 rings (SSSR count). The molecule has 92 valence electrons. The van der Waals surface area contributed by atoms with Gasteiger partial charge in [0.25, 0.3) is 0 Å². The van der Waals surface area contributed by atoms with E-state index in [4.69, 9.17) is 17.3 Å². The summed E-state index contributed by atoms with van der Waals surface area (Å²) in [5.41, 5.74) is 6.21. The van der Waals surface area contributed by atoms with Gasteiger partial charge in [-0.3, -0.25) is 4.98 Å². The third-order valence-electron chi connectivity index (χ3n) is 2.18. The number of carbonyl (C=O) groups excluding carboxylic acids is 1. The highest BCUT2D eigenvalue weighted by molar-refractivity contribution is 6.35. The van der Waals surface area contributed by atoms with Crippen LogP contribution in [0.4, 0.5) is 5.82 Å². The normalized spacial score (nSPS) is 10.1. The van der Waals surface area contributed by atoms with Gasteiger partial charge in [0.15, 0.2) is 11.5 Å². The Morgan fingerprint density at radius 2 is 2.22 bits per heavy atom. The van der Waals surface area contributed by atoms with Gasteiger partial charge in [-0.15, -0.1) is 0 Å². The van der Waals surface area contributed by atoms with E-state index in [0.717, 1.165) is 0 Å². The van der Waals surface area contributed by atoms with Crippen LogP contribution in [0.3, 0.4) is 0 Å². The van der Waals surface area contributed by atoms with Crippen molar-refractivity contribution in [3.05, 3.63) is 35.2 Å². The van der Waals surface area contributed by atoms with Gasteiger partial charge in [0.05, 0.1) is 7.11 Å². The van der Waals surface area contributed by atoms with Crippen molar-refractivity contribution in [2.45, 2.75) is 0 Å². The zero-order valence-electron chi connectivity index (χ0n) is 9.42. The van der Waals surface area contributed by atoms with Gasteiger partial charge >= 0.3 is 5.97 Å². The van der Waals surface area contributed by atoms with Crippen molar-refractivity contribution >= 4 is 23.4 Å². The van der Waals surface area contributed by atoms with E-state index in [0.29, 0.717) is 5.56 Å². The first kappa shape index (κ1) is 12.3. The number of hydrogen-bond donors (Lipinski definition) is 1. The van der Waals surface area contributed by atoms with E-state index in [1.165, 1.54) is 7.11 Å². The number of rotatable bonds is 2. The van der Waals surface area contributed by atoms with E-state index in [1.54, 1.807) is 24.5 Å². The van der Waals surface area contributed by atoms with Crippen molar-refractivity contribution < 1.29 is 9.53 Å². The van der Waals surface area contributed by atoms with Crippen molar-refractivity contribution in [3.8, 4) is 11.4 Å². The largest absolute Gasteiger partial charge is 0.464 e. The summed E-state index contributed by atoms with van der Waals surface area (Å²) in [4.78, 5) is 23.5. The number of nitrogens with two attached hydrogens (primary N) is 1. The Morgan fingerprint density at radius 1 is 1.44 bits per heavy atom. The van der Waals surface area contributed by atoms with Gasteiger partial charge < -0.3 is 10.5 Å². The third-order valence-corrected chi connectivity index (χ3v) is 2.55. The summed E-state index contributed by atoms with van der Waals surface area (Å²) in [6, 6.07) is 3.47. The minimum atomic E-state index is -0.667. The van der Waals surface area contributed by atoms with Gasteiger partial charge in [-0.2, -0.15) is 0 Å². The number of anilines is 1. The van der Waals surface area contributed by atoms with Crippen LogP contribution in [0, 0.1) is 0 Å². The predicted octanol–water partition coefficient (Wildman–Crippen LogP) is 1.56. The fourth-order valence-corrected chi connectivity index (χ4v) is 1.48. The highest BCUT2D eigenvalue weighted by Crippen LogP contribution is 2.24. The summed E-state index contributed by atoms with van der Waals surface area (Å²) in [5, 5.41) is -0.0190. The summed E-state index contributed by atoms with van der Waals surface area (Å²) in [6.45, 7) is 0. The molecule has 0 fully saturated rings. The monoisotopic (exact) mass is 264 g/mol. The molecule has 6 nitrogen and oxygen atoms in total. The van der Waals surface area contributed by atoms with Gasteiger partial charge in [0.1, 0.15) is 10.8 Å². The number of ether oxygens (including phenoxy) is 1. The molecule has 0 aliphatic heterocycles. The molecule has 0 aromatic carbocycles. The Morgan fingerprint density at radius 3 is 2.83 bits per heavy atom. The second-order valence-corrected chi connectivity index (χ2v) is 3.71. The number of methoxy groups -OCH3 is 1. The second kappa shape index (κ2) is 4.97. The summed E-state index contributed by atoms with van der Waals surface area (Å²) in [5.74, 6) is -0.379. The molecular weight excluding hydrogens is 256 g/mol. The van der Waals surface area contributed by atoms with Crippen molar-refractivity contribution in [2.75, 3.05) is 12.8 Å². The average Bonchev–Trinajstić information content (AvgIpc) is 2.41. The Hall–Kier alpha value is -2.21. The van der Waals surface area contributed by atoms with Gasteiger partial charge in [-0.25, -0.2) is 14.8 Å². The highest BCUT2D eigenvalue weighted by atomic mass is 35.5. The smallest absolute Gasteiger partial charge is 0.358 e. The first-order valence-corrected chi connectivity index (χ1v) is 5.33. The summed E-state index contributed by atoms with van der Waals surface area (Å²) < 4.78 is 4.58. The first-order valence-electron chi connectivity index (χ1n) is 4.95. The molecule has 0 unspecified atom stereocenters. The van der Waals surface area contributed by atoms with Crippen molar-refractivity contribution in [1.29, 1.82) is 0 Å². The number of hydrogen-bond acceptors (Lipinski definition) is 6. The van der Waals surface area contributed by atoms with Gasteiger partial charge in [-0.05, 0) is 12.1 Å². The Balaban J connectivity index is 2.58. The van der Waals surface area contributed by atoms with Crippen LogP contribution in [-0.2, 0) is 4.74 Å². The molecule has 0 saturated heterocycles. The Bertz CT molecular complexity index is 589. The lowest BCUT2D eigenvalue weighted by Gasteiger charge is -2.06. The molecular formula is C11H9ClN4O2. The maximum Gasteiger partial charge on any atom is 0.358 e. The number of carbonyl (C=O) groups is 1. The summed E-state index contributed by atoms with van der Waals surface area (Å²) in [7, 11) is 1.24. The zero-order chi connectivity index (χ0) is 13.1. The maximum atomic E-state index is 11.5. The van der Waals surface area contributed by atoms with E-state index < -0.39 is 5.97 Å². The van der Waals surface area contributed by atoms with Crippen LogP contribution in [-0.4, -0.2) is 28.0 Å². The Kier molecular flexibility index (Phi) is 3.38. The number of nitrogens with zero attached hydrogens (tertiary/aromatic N) is 3. The van der Waals surface area contributed by atoms with E-state index >= 15 is 0 Å². The van der Waals surface area contributed by atoms with Crippen LogP contribution < -0.4 is 5.73 Å². The number of aromatic nitrogens is 3. The molecule has 7 heteroatoms. The molecule has 0 bridgehead atoms. The molecule has 0 atom stereocenters. The number of nitrogen functional groups attached to an aromatic ring is 1. The molecule has 0 spiro atoms. The van der Waals surface area contributed by atoms with E-state index in [9.17, 15) is 4.79 Å². The lowest BCUT2D eigenvalue weighted by atomic mass is 10.2. The molecule has 0 radical (unpaired) electrons. The van der Waals surface area contributed by atoms with Gasteiger partial charge in [0, 0.05) is 18.0 Å². The number of halogens is 1. The quantitative estimate of drug-likeness (QED) is 0.828.